The normalized spacial score (nSPS) is 12.0. The lowest BCUT2D eigenvalue weighted by molar-refractivity contribution is 0.862. The van der Waals surface area contributed by atoms with Gasteiger partial charge in [0.2, 0.25) is 0 Å². The van der Waals surface area contributed by atoms with Gasteiger partial charge < -0.3 is 0 Å². The zero-order chi connectivity index (χ0) is 11.4. The van der Waals surface area contributed by atoms with Crippen LogP contribution in [0.25, 0.3) is 0 Å². The Hall–Kier alpha value is -1.59. The Kier molecular flexibility index (Phi) is 3.38. The van der Waals surface area contributed by atoms with E-state index in [1.807, 2.05) is 6.07 Å². The molecule has 0 saturated heterocycles. The molecule has 80 valence electrons. The molecule has 1 nitrogen and oxygen atoms in total. The Morgan fingerprint density at radius 3 is 2.56 bits per heavy atom. The number of rotatable bonds is 3. The van der Waals surface area contributed by atoms with Crippen molar-refractivity contribution in [1.29, 1.82) is 5.26 Å². The van der Waals surface area contributed by atoms with Crippen molar-refractivity contribution in [2.24, 2.45) is 0 Å². The average Bonchev–Trinajstić information content (AvgIpc) is 2.80. The maximum absolute atomic E-state index is 9.20. The Morgan fingerprint density at radius 2 is 2.00 bits per heavy atom. The number of nitrogens with zero attached hydrogens (tertiary/aromatic N) is 1. The molecule has 1 unspecified atom stereocenters. The SMILES string of the molecule is Cc1ccc(C(C#N)Cc2cccs2)cc1. The summed E-state index contributed by atoms with van der Waals surface area (Å²) in [6.07, 6.45) is 0.817. The van der Waals surface area contributed by atoms with Crippen LogP contribution in [0.3, 0.4) is 0 Å². The highest BCUT2D eigenvalue weighted by molar-refractivity contribution is 7.09. The Balaban J connectivity index is 2.17. The minimum absolute atomic E-state index is 0.0285. The summed E-state index contributed by atoms with van der Waals surface area (Å²) in [5.41, 5.74) is 2.35. The predicted molar refractivity (Wildman–Crippen MR) is 67.6 cm³/mol. The summed E-state index contributed by atoms with van der Waals surface area (Å²) in [7, 11) is 0. The van der Waals surface area contributed by atoms with Crippen molar-refractivity contribution in [3.63, 3.8) is 0 Å². The van der Waals surface area contributed by atoms with E-state index in [1.165, 1.54) is 10.4 Å². The molecule has 2 rings (SSSR count). The lowest BCUT2D eigenvalue weighted by Gasteiger charge is -2.08. The predicted octanol–water partition coefficient (Wildman–Crippen LogP) is 3.91. The van der Waals surface area contributed by atoms with Crippen molar-refractivity contribution in [1.82, 2.24) is 0 Å². The number of hydrogen-bond donors (Lipinski definition) is 0. The van der Waals surface area contributed by atoms with E-state index in [1.54, 1.807) is 11.3 Å². The molecule has 1 aromatic carbocycles. The van der Waals surface area contributed by atoms with Gasteiger partial charge in [0.25, 0.3) is 0 Å². The van der Waals surface area contributed by atoms with Crippen LogP contribution in [-0.2, 0) is 6.42 Å². The largest absolute Gasteiger partial charge is 0.198 e. The van der Waals surface area contributed by atoms with E-state index < -0.39 is 0 Å². The van der Waals surface area contributed by atoms with Gasteiger partial charge in [-0.15, -0.1) is 11.3 Å². The van der Waals surface area contributed by atoms with Crippen molar-refractivity contribution in [2.75, 3.05) is 0 Å². The zero-order valence-electron chi connectivity index (χ0n) is 9.18. The summed E-state index contributed by atoms with van der Waals surface area (Å²) in [6, 6.07) is 14.7. The molecule has 2 heteroatoms. The Bertz CT molecular complexity index is 476. The van der Waals surface area contributed by atoms with Gasteiger partial charge in [-0.3, -0.25) is 0 Å². The summed E-state index contributed by atoms with van der Waals surface area (Å²) >= 11 is 1.71. The molecule has 0 radical (unpaired) electrons. The molecule has 0 N–H and O–H groups in total. The molecular weight excluding hydrogens is 214 g/mol. The van der Waals surface area contributed by atoms with Crippen LogP contribution < -0.4 is 0 Å². The molecule has 0 saturated carbocycles. The number of hydrogen-bond acceptors (Lipinski definition) is 2. The average molecular weight is 227 g/mol. The third kappa shape index (κ3) is 2.50. The highest BCUT2D eigenvalue weighted by Gasteiger charge is 2.11. The summed E-state index contributed by atoms with van der Waals surface area (Å²) in [6.45, 7) is 2.06. The summed E-state index contributed by atoms with van der Waals surface area (Å²) in [5.74, 6) is -0.0285. The minimum atomic E-state index is -0.0285. The molecule has 16 heavy (non-hydrogen) atoms. The van der Waals surface area contributed by atoms with Gasteiger partial charge >= 0.3 is 0 Å². The minimum Gasteiger partial charge on any atom is -0.198 e. The van der Waals surface area contributed by atoms with Gasteiger partial charge in [0.1, 0.15) is 0 Å². The Labute approximate surface area is 100.0 Å². The third-order valence-electron chi connectivity index (χ3n) is 2.62. The maximum atomic E-state index is 9.20. The second kappa shape index (κ2) is 4.96. The van der Waals surface area contributed by atoms with Crippen molar-refractivity contribution in [3.8, 4) is 6.07 Å². The van der Waals surface area contributed by atoms with E-state index in [4.69, 9.17) is 0 Å². The van der Waals surface area contributed by atoms with Crippen molar-refractivity contribution in [3.05, 3.63) is 57.8 Å². The molecule has 1 heterocycles. The van der Waals surface area contributed by atoms with E-state index >= 15 is 0 Å². The van der Waals surface area contributed by atoms with Crippen LogP contribution in [0.2, 0.25) is 0 Å². The Morgan fingerprint density at radius 1 is 1.25 bits per heavy atom. The fourth-order valence-electron chi connectivity index (χ4n) is 1.67. The molecule has 0 amide bonds. The molecule has 0 bridgehead atoms. The van der Waals surface area contributed by atoms with Gasteiger partial charge in [0, 0.05) is 11.3 Å². The number of aryl methyl sites for hydroxylation is 1. The van der Waals surface area contributed by atoms with Crippen LogP contribution >= 0.6 is 11.3 Å². The van der Waals surface area contributed by atoms with Gasteiger partial charge in [0.15, 0.2) is 0 Å². The molecule has 1 aromatic heterocycles. The molecule has 1 atom stereocenters. The first-order chi connectivity index (χ1) is 7.79. The zero-order valence-corrected chi connectivity index (χ0v) is 10.00. The fourth-order valence-corrected chi connectivity index (χ4v) is 2.42. The first kappa shape index (κ1) is 10.9. The standard InChI is InChI=1S/C14H13NS/c1-11-4-6-12(7-5-11)13(10-15)9-14-3-2-8-16-14/h2-8,13H,9H2,1H3. The van der Waals surface area contributed by atoms with E-state index in [0.29, 0.717) is 0 Å². The summed E-state index contributed by atoms with van der Waals surface area (Å²) in [4.78, 5) is 1.27. The second-order valence-electron chi connectivity index (χ2n) is 3.88. The van der Waals surface area contributed by atoms with E-state index in [-0.39, 0.29) is 5.92 Å². The van der Waals surface area contributed by atoms with Crippen molar-refractivity contribution >= 4 is 11.3 Å². The van der Waals surface area contributed by atoms with Crippen molar-refractivity contribution in [2.45, 2.75) is 19.3 Å². The lowest BCUT2D eigenvalue weighted by atomic mass is 9.96. The highest BCUT2D eigenvalue weighted by atomic mass is 32.1. The fraction of sp³-hybridized carbons (Fsp3) is 0.214. The highest BCUT2D eigenvalue weighted by Crippen LogP contribution is 2.23. The van der Waals surface area contributed by atoms with E-state index in [2.05, 4.69) is 48.7 Å². The topological polar surface area (TPSA) is 23.8 Å². The second-order valence-corrected chi connectivity index (χ2v) is 4.91. The van der Waals surface area contributed by atoms with Gasteiger partial charge in [-0.2, -0.15) is 5.26 Å². The number of thiophene rings is 1. The maximum Gasteiger partial charge on any atom is 0.0760 e. The van der Waals surface area contributed by atoms with E-state index in [0.717, 1.165) is 12.0 Å². The summed E-state index contributed by atoms with van der Waals surface area (Å²) in [5, 5.41) is 11.3. The molecular formula is C14H13NS. The monoisotopic (exact) mass is 227 g/mol. The third-order valence-corrected chi connectivity index (χ3v) is 3.52. The lowest BCUT2D eigenvalue weighted by Crippen LogP contribution is -1.98. The molecule has 0 aliphatic rings. The van der Waals surface area contributed by atoms with Gasteiger partial charge in [-0.25, -0.2) is 0 Å². The quantitative estimate of drug-likeness (QED) is 0.780. The molecule has 0 aliphatic carbocycles. The van der Waals surface area contributed by atoms with Crippen LogP contribution in [0.15, 0.2) is 41.8 Å². The van der Waals surface area contributed by atoms with Crippen LogP contribution in [0.4, 0.5) is 0 Å². The van der Waals surface area contributed by atoms with Gasteiger partial charge in [-0.05, 0) is 23.9 Å². The van der Waals surface area contributed by atoms with Crippen molar-refractivity contribution < 1.29 is 0 Å². The van der Waals surface area contributed by atoms with Crippen LogP contribution in [0.5, 0.6) is 0 Å². The first-order valence-electron chi connectivity index (χ1n) is 5.28. The van der Waals surface area contributed by atoms with Crippen LogP contribution in [0.1, 0.15) is 21.9 Å². The van der Waals surface area contributed by atoms with Crippen LogP contribution in [0, 0.1) is 18.3 Å². The number of benzene rings is 1. The smallest absolute Gasteiger partial charge is 0.0760 e. The van der Waals surface area contributed by atoms with E-state index in [9.17, 15) is 5.26 Å². The summed E-state index contributed by atoms with van der Waals surface area (Å²) < 4.78 is 0. The molecule has 2 aromatic rings. The molecule has 0 aliphatic heterocycles. The molecule has 0 spiro atoms. The van der Waals surface area contributed by atoms with Crippen LogP contribution in [-0.4, -0.2) is 0 Å². The number of nitriles is 1. The first-order valence-corrected chi connectivity index (χ1v) is 6.16. The van der Waals surface area contributed by atoms with Gasteiger partial charge in [0.05, 0.1) is 12.0 Å². The van der Waals surface area contributed by atoms with Gasteiger partial charge in [-0.1, -0.05) is 35.9 Å². The molecule has 0 fully saturated rings.